The van der Waals surface area contributed by atoms with Crippen LogP contribution in [-0.4, -0.2) is 17.6 Å². The van der Waals surface area contributed by atoms with Crippen molar-refractivity contribution in [2.45, 2.75) is 13.8 Å². The van der Waals surface area contributed by atoms with Crippen molar-refractivity contribution in [3.05, 3.63) is 39.1 Å². The van der Waals surface area contributed by atoms with E-state index in [9.17, 15) is 9.18 Å². The second-order valence-corrected chi connectivity index (χ2v) is 6.01. The molecule has 0 unspecified atom stereocenters. The van der Waals surface area contributed by atoms with Gasteiger partial charge in [0.05, 0.1) is 12.3 Å². The standard InChI is InChI=1S/C13H12BrFN2O2S/c1-3-19-12(18)11-7(2)20-13(17-11)16-10-6-8(14)4-5-9(10)15/h4-6H,3H2,1-2H3,(H,16,17). The van der Waals surface area contributed by atoms with Crippen LogP contribution in [0.3, 0.4) is 0 Å². The molecular weight excluding hydrogens is 347 g/mol. The third-order valence-corrected chi connectivity index (χ3v) is 3.81. The van der Waals surface area contributed by atoms with Crippen LogP contribution in [0.25, 0.3) is 0 Å². The van der Waals surface area contributed by atoms with Gasteiger partial charge in [-0.25, -0.2) is 14.2 Å². The van der Waals surface area contributed by atoms with Crippen molar-refractivity contribution < 1.29 is 13.9 Å². The van der Waals surface area contributed by atoms with Crippen molar-refractivity contribution >= 4 is 44.1 Å². The van der Waals surface area contributed by atoms with E-state index in [4.69, 9.17) is 4.74 Å². The summed E-state index contributed by atoms with van der Waals surface area (Å²) in [6, 6.07) is 4.56. The van der Waals surface area contributed by atoms with Crippen molar-refractivity contribution in [1.29, 1.82) is 0 Å². The molecule has 1 aromatic carbocycles. The molecular formula is C13H12BrFN2O2S. The van der Waals surface area contributed by atoms with E-state index in [-0.39, 0.29) is 5.69 Å². The molecule has 0 bridgehead atoms. The number of thiazole rings is 1. The number of nitrogens with zero attached hydrogens (tertiary/aromatic N) is 1. The normalized spacial score (nSPS) is 10.4. The molecule has 0 saturated heterocycles. The van der Waals surface area contributed by atoms with E-state index in [0.29, 0.717) is 17.4 Å². The molecule has 106 valence electrons. The number of esters is 1. The first-order chi connectivity index (χ1) is 9.51. The molecule has 1 heterocycles. The first-order valence-corrected chi connectivity index (χ1v) is 7.48. The Hall–Kier alpha value is -1.47. The third kappa shape index (κ3) is 3.34. The lowest BCUT2D eigenvalue weighted by atomic mass is 10.3. The lowest BCUT2D eigenvalue weighted by molar-refractivity contribution is 0.0519. The van der Waals surface area contributed by atoms with Gasteiger partial charge in [-0.05, 0) is 32.0 Å². The maximum atomic E-state index is 13.6. The molecule has 0 aliphatic heterocycles. The van der Waals surface area contributed by atoms with Crippen molar-refractivity contribution in [2.75, 3.05) is 11.9 Å². The SMILES string of the molecule is CCOC(=O)c1nc(Nc2cc(Br)ccc2F)sc1C. The van der Waals surface area contributed by atoms with E-state index in [0.717, 1.165) is 9.35 Å². The third-order valence-electron chi connectivity index (χ3n) is 2.44. The number of hydrogen-bond acceptors (Lipinski definition) is 5. The van der Waals surface area contributed by atoms with Gasteiger partial charge in [0.2, 0.25) is 0 Å². The smallest absolute Gasteiger partial charge is 0.358 e. The van der Waals surface area contributed by atoms with E-state index < -0.39 is 11.8 Å². The predicted octanol–water partition coefficient (Wildman–Crippen LogP) is 4.27. The number of nitrogens with one attached hydrogen (secondary N) is 1. The Morgan fingerprint density at radius 2 is 2.30 bits per heavy atom. The van der Waals surface area contributed by atoms with Crippen LogP contribution >= 0.6 is 27.3 Å². The molecule has 0 atom stereocenters. The summed E-state index contributed by atoms with van der Waals surface area (Å²) in [6.45, 7) is 3.79. The van der Waals surface area contributed by atoms with Gasteiger partial charge in [0.15, 0.2) is 10.8 Å². The fraction of sp³-hybridized carbons (Fsp3) is 0.231. The van der Waals surface area contributed by atoms with E-state index in [1.807, 2.05) is 0 Å². The van der Waals surface area contributed by atoms with Crippen LogP contribution in [0.1, 0.15) is 22.3 Å². The zero-order chi connectivity index (χ0) is 14.7. The molecule has 0 saturated carbocycles. The number of carbonyl (C=O) groups is 1. The Balaban J connectivity index is 2.24. The minimum Gasteiger partial charge on any atom is -0.461 e. The average molecular weight is 359 g/mol. The Labute approximate surface area is 128 Å². The van der Waals surface area contributed by atoms with Gasteiger partial charge in [-0.15, -0.1) is 11.3 Å². The molecule has 0 fully saturated rings. The number of carbonyl (C=O) groups excluding carboxylic acids is 1. The van der Waals surface area contributed by atoms with Crippen LogP contribution in [0.2, 0.25) is 0 Å². The van der Waals surface area contributed by atoms with E-state index >= 15 is 0 Å². The summed E-state index contributed by atoms with van der Waals surface area (Å²) >= 11 is 4.55. The molecule has 1 aromatic heterocycles. The summed E-state index contributed by atoms with van der Waals surface area (Å²) in [7, 11) is 0. The molecule has 7 heteroatoms. The number of rotatable bonds is 4. The number of hydrogen-bond donors (Lipinski definition) is 1. The Morgan fingerprint density at radius 1 is 1.55 bits per heavy atom. The zero-order valence-electron chi connectivity index (χ0n) is 10.9. The van der Waals surface area contributed by atoms with Crippen LogP contribution in [0.4, 0.5) is 15.2 Å². The highest BCUT2D eigenvalue weighted by molar-refractivity contribution is 9.10. The maximum Gasteiger partial charge on any atom is 0.358 e. The Morgan fingerprint density at radius 3 is 3.00 bits per heavy atom. The summed E-state index contributed by atoms with van der Waals surface area (Å²) in [5.74, 6) is -0.859. The molecule has 2 aromatic rings. The largest absolute Gasteiger partial charge is 0.461 e. The maximum absolute atomic E-state index is 13.6. The summed E-state index contributed by atoms with van der Waals surface area (Å²) in [5.41, 5.74) is 0.554. The van der Waals surface area contributed by atoms with Crippen molar-refractivity contribution in [3.8, 4) is 0 Å². The molecule has 20 heavy (non-hydrogen) atoms. The van der Waals surface area contributed by atoms with E-state index in [1.54, 1.807) is 26.0 Å². The lowest BCUT2D eigenvalue weighted by Crippen LogP contribution is -2.06. The second-order valence-electron chi connectivity index (χ2n) is 3.89. The van der Waals surface area contributed by atoms with Crippen molar-refractivity contribution in [1.82, 2.24) is 4.98 Å². The average Bonchev–Trinajstić information content (AvgIpc) is 2.75. The van der Waals surface area contributed by atoms with E-state index in [1.165, 1.54) is 17.4 Å². The first kappa shape index (κ1) is 14.9. The minimum atomic E-state index is -0.469. The van der Waals surface area contributed by atoms with Gasteiger partial charge in [0, 0.05) is 9.35 Å². The molecule has 0 amide bonds. The molecule has 0 aliphatic carbocycles. The highest BCUT2D eigenvalue weighted by Crippen LogP contribution is 2.28. The predicted molar refractivity (Wildman–Crippen MR) is 80.2 cm³/mol. The molecule has 1 N–H and O–H groups in total. The van der Waals surface area contributed by atoms with Gasteiger partial charge < -0.3 is 10.1 Å². The Bertz CT molecular complexity index is 645. The molecule has 0 radical (unpaired) electrons. The quantitative estimate of drug-likeness (QED) is 0.829. The fourth-order valence-corrected chi connectivity index (χ4v) is 2.72. The van der Waals surface area contributed by atoms with Gasteiger partial charge in [-0.2, -0.15) is 0 Å². The highest BCUT2D eigenvalue weighted by Gasteiger charge is 2.17. The summed E-state index contributed by atoms with van der Waals surface area (Å²) in [5, 5.41) is 3.31. The lowest BCUT2D eigenvalue weighted by Gasteiger charge is -2.04. The molecule has 0 aliphatic rings. The van der Waals surface area contributed by atoms with Crippen LogP contribution in [-0.2, 0) is 4.74 Å². The number of anilines is 2. The van der Waals surface area contributed by atoms with Crippen LogP contribution in [0, 0.1) is 12.7 Å². The minimum absolute atomic E-state index is 0.259. The topological polar surface area (TPSA) is 51.2 Å². The highest BCUT2D eigenvalue weighted by atomic mass is 79.9. The number of aromatic nitrogens is 1. The van der Waals surface area contributed by atoms with Gasteiger partial charge in [0.1, 0.15) is 5.82 Å². The molecule has 4 nitrogen and oxygen atoms in total. The monoisotopic (exact) mass is 358 g/mol. The van der Waals surface area contributed by atoms with E-state index in [2.05, 4.69) is 26.2 Å². The second kappa shape index (κ2) is 6.32. The number of ether oxygens (including phenoxy) is 1. The fourth-order valence-electron chi connectivity index (χ4n) is 1.55. The zero-order valence-corrected chi connectivity index (χ0v) is 13.3. The summed E-state index contributed by atoms with van der Waals surface area (Å²) in [6.07, 6.45) is 0. The van der Waals surface area contributed by atoms with Gasteiger partial charge in [-0.3, -0.25) is 0 Å². The summed E-state index contributed by atoms with van der Waals surface area (Å²) < 4.78 is 19.3. The van der Waals surface area contributed by atoms with Crippen LogP contribution in [0.5, 0.6) is 0 Å². The van der Waals surface area contributed by atoms with Crippen molar-refractivity contribution in [2.24, 2.45) is 0 Å². The van der Waals surface area contributed by atoms with Crippen LogP contribution in [0.15, 0.2) is 22.7 Å². The number of aryl methyl sites for hydroxylation is 1. The Kier molecular flexibility index (Phi) is 4.72. The first-order valence-electron chi connectivity index (χ1n) is 5.88. The number of halogens is 2. The summed E-state index contributed by atoms with van der Waals surface area (Å²) in [4.78, 5) is 16.5. The molecule has 2 rings (SSSR count). The number of benzene rings is 1. The van der Waals surface area contributed by atoms with Crippen LogP contribution < -0.4 is 5.32 Å². The van der Waals surface area contributed by atoms with Crippen molar-refractivity contribution in [3.63, 3.8) is 0 Å². The molecule has 0 spiro atoms. The van der Waals surface area contributed by atoms with Gasteiger partial charge in [-0.1, -0.05) is 15.9 Å². The van der Waals surface area contributed by atoms with Gasteiger partial charge >= 0.3 is 5.97 Å². The van der Waals surface area contributed by atoms with Gasteiger partial charge in [0.25, 0.3) is 0 Å².